The normalized spacial score (nSPS) is 12.2. The second-order valence-electron chi connectivity index (χ2n) is 5.28. The maximum absolute atomic E-state index is 4.73. The Labute approximate surface area is 131 Å². The van der Waals surface area contributed by atoms with Gasteiger partial charge in [-0.1, -0.05) is 13.0 Å². The van der Waals surface area contributed by atoms with Crippen LogP contribution >= 0.6 is 11.3 Å². The highest BCUT2D eigenvalue weighted by atomic mass is 32.1. The summed E-state index contributed by atoms with van der Waals surface area (Å²) in [6, 6.07) is 4.70. The molecule has 0 bridgehead atoms. The quantitative estimate of drug-likeness (QED) is 0.886. The first-order valence-corrected chi connectivity index (χ1v) is 8.25. The first kappa shape index (κ1) is 15.8. The van der Waals surface area contributed by atoms with Gasteiger partial charge in [-0.3, -0.25) is 0 Å². The number of aromatic nitrogens is 2. The first-order chi connectivity index (χ1) is 10.1. The highest BCUT2D eigenvalue weighted by Gasteiger charge is 2.18. The van der Waals surface area contributed by atoms with E-state index in [2.05, 4.69) is 60.5 Å². The van der Waals surface area contributed by atoms with Gasteiger partial charge in [-0.25, -0.2) is 9.97 Å². The highest BCUT2D eigenvalue weighted by molar-refractivity contribution is 7.09. The molecule has 2 aromatic heterocycles. The van der Waals surface area contributed by atoms with Crippen molar-refractivity contribution in [2.45, 2.75) is 39.7 Å². The molecule has 2 rings (SSSR count). The molecule has 2 heterocycles. The van der Waals surface area contributed by atoms with Gasteiger partial charge in [-0.2, -0.15) is 0 Å². The molecule has 0 aromatic carbocycles. The number of nitrogens with zero attached hydrogens (tertiary/aromatic N) is 3. The number of hydrogen-bond acceptors (Lipinski definition) is 5. The van der Waals surface area contributed by atoms with Crippen LogP contribution in [0.2, 0.25) is 0 Å². The number of anilines is 2. The summed E-state index contributed by atoms with van der Waals surface area (Å²) < 4.78 is 0. The molecule has 0 aliphatic carbocycles. The number of rotatable bonds is 6. The Morgan fingerprint density at radius 1 is 1.38 bits per heavy atom. The Bertz CT molecular complexity index is 580. The maximum Gasteiger partial charge on any atom is 0.137 e. The molecule has 0 saturated heterocycles. The fraction of sp³-hybridized carbons (Fsp3) is 0.500. The molecule has 0 spiro atoms. The van der Waals surface area contributed by atoms with E-state index >= 15 is 0 Å². The van der Waals surface area contributed by atoms with Crippen LogP contribution in [0.4, 0.5) is 11.6 Å². The Balaban J connectivity index is 2.26. The van der Waals surface area contributed by atoms with E-state index in [1.807, 2.05) is 18.4 Å². The van der Waals surface area contributed by atoms with Gasteiger partial charge in [-0.05, 0) is 25.3 Å². The van der Waals surface area contributed by atoms with Crippen LogP contribution < -0.4 is 10.2 Å². The lowest BCUT2D eigenvalue weighted by molar-refractivity contribution is 0.674. The Kier molecular flexibility index (Phi) is 5.17. The molecular weight excluding hydrogens is 280 g/mol. The maximum atomic E-state index is 4.73. The van der Waals surface area contributed by atoms with E-state index in [0.29, 0.717) is 6.04 Å². The van der Waals surface area contributed by atoms with Crippen LogP contribution in [0.1, 0.15) is 30.1 Å². The molecule has 21 heavy (non-hydrogen) atoms. The van der Waals surface area contributed by atoms with E-state index in [1.165, 1.54) is 4.88 Å². The lowest BCUT2D eigenvalue weighted by Crippen LogP contribution is -2.32. The first-order valence-electron chi connectivity index (χ1n) is 7.37. The van der Waals surface area contributed by atoms with Gasteiger partial charge in [0, 0.05) is 43.4 Å². The summed E-state index contributed by atoms with van der Waals surface area (Å²) >= 11 is 1.81. The Morgan fingerprint density at radius 3 is 2.71 bits per heavy atom. The van der Waals surface area contributed by atoms with Crippen molar-refractivity contribution in [3.05, 3.63) is 33.8 Å². The Hall–Kier alpha value is -1.62. The third-order valence-corrected chi connectivity index (χ3v) is 4.69. The third-order valence-electron chi connectivity index (χ3n) is 3.79. The third kappa shape index (κ3) is 3.53. The van der Waals surface area contributed by atoms with Crippen LogP contribution in [0.5, 0.6) is 0 Å². The summed E-state index contributed by atoms with van der Waals surface area (Å²) in [5.41, 5.74) is 1.11. The van der Waals surface area contributed by atoms with Crippen molar-refractivity contribution in [3.8, 4) is 0 Å². The van der Waals surface area contributed by atoms with Crippen LogP contribution in [-0.4, -0.2) is 30.1 Å². The van der Waals surface area contributed by atoms with Gasteiger partial charge in [0.15, 0.2) is 0 Å². The van der Waals surface area contributed by atoms with E-state index in [-0.39, 0.29) is 0 Å². The summed E-state index contributed by atoms with van der Waals surface area (Å²) in [5.74, 6) is 2.83. The van der Waals surface area contributed by atoms with Crippen molar-refractivity contribution in [2.24, 2.45) is 0 Å². The van der Waals surface area contributed by atoms with E-state index in [1.54, 1.807) is 0 Å². The molecule has 1 atom stereocenters. The van der Waals surface area contributed by atoms with Gasteiger partial charge >= 0.3 is 0 Å². The summed E-state index contributed by atoms with van der Waals surface area (Å²) in [7, 11) is 4.03. The SMILES string of the molecule is CCc1nc(NC)c(C)c(N(C)C(C)Cc2cccs2)n1. The van der Waals surface area contributed by atoms with Gasteiger partial charge in [-0.15, -0.1) is 11.3 Å². The van der Waals surface area contributed by atoms with Gasteiger partial charge in [0.25, 0.3) is 0 Å². The van der Waals surface area contributed by atoms with Gasteiger partial charge in [0.1, 0.15) is 17.5 Å². The molecule has 0 fully saturated rings. The molecule has 114 valence electrons. The number of likely N-dealkylation sites (N-methyl/N-ethyl adjacent to an activating group) is 1. The molecule has 1 unspecified atom stereocenters. The molecule has 1 N–H and O–H groups in total. The van der Waals surface area contributed by atoms with Crippen LogP contribution in [0, 0.1) is 6.92 Å². The van der Waals surface area contributed by atoms with Crippen molar-refractivity contribution in [1.82, 2.24) is 9.97 Å². The minimum absolute atomic E-state index is 0.395. The number of thiophene rings is 1. The van der Waals surface area contributed by atoms with Crippen molar-refractivity contribution in [1.29, 1.82) is 0 Å². The zero-order chi connectivity index (χ0) is 15.4. The zero-order valence-electron chi connectivity index (χ0n) is 13.5. The topological polar surface area (TPSA) is 41.1 Å². The second-order valence-corrected chi connectivity index (χ2v) is 6.32. The van der Waals surface area contributed by atoms with Crippen molar-refractivity contribution in [2.75, 3.05) is 24.3 Å². The van der Waals surface area contributed by atoms with E-state index in [0.717, 1.165) is 35.9 Å². The fourth-order valence-electron chi connectivity index (χ4n) is 2.36. The van der Waals surface area contributed by atoms with Gasteiger partial charge in [0.2, 0.25) is 0 Å². The summed E-state index contributed by atoms with van der Waals surface area (Å²) in [4.78, 5) is 12.9. The summed E-state index contributed by atoms with van der Waals surface area (Å²) in [6.45, 7) is 6.41. The lowest BCUT2D eigenvalue weighted by atomic mass is 10.1. The van der Waals surface area contributed by atoms with E-state index < -0.39 is 0 Å². The summed E-state index contributed by atoms with van der Waals surface area (Å²) in [6.07, 6.45) is 1.88. The van der Waals surface area contributed by atoms with Gasteiger partial charge in [0.05, 0.1) is 0 Å². The number of aryl methyl sites for hydroxylation is 1. The smallest absolute Gasteiger partial charge is 0.137 e. The fourth-order valence-corrected chi connectivity index (χ4v) is 3.19. The predicted octanol–water partition coefficient (Wildman–Crippen LogP) is 3.52. The molecule has 0 aliphatic rings. The monoisotopic (exact) mass is 304 g/mol. The van der Waals surface area contributed by atoms with Gasteiger partial charge < -0.3 is 10.2 Å². The number of hydrogen-bond donors (Lipinski definition) is 1. The average Bonchev–Trinajstić information content (AvgIpc) is 2.99. The van der Waals surface area contributed by atoms with Crippen LogP contribution in [0.15, 0.2) is 17.5 Å². The molecule has 0 aliphatic heterocycles. The van der Waals surface area contributed by atoms with Crippen molar-refractivity contribution < 1.29 is 0 Å². The van der Waals surface area contributed by atoms with Crippen LogP contribution in [0.25, 0.3) is 0 Å². The molecule has 0 radical (unpaired) electrons. The molecular formula is C16H24N4S. The molecule has 4 nitrogen and oxygen atoms in total. The minimum Gasteiger partial charge on any atom is -0.373 e. The molecule has 0 saturated carbocycles. The Morgan fingerprint density at radius 2 is 2.14 bits per heavy atom. The molecule has 5 heteroatoms. The molecule has 0 amide bonds. The standard InChI is InChI=1S/C16H24N4S/c1-6-14-18-15(17-4)12(3)16(19-14)20(5)11(2)10-13-8-7-9-21-13/h7-9,11H,6,10H2,1-5H3,(H,17,18,19). The second kappa shape index (κ2) is 6.89. The average molecular weight is 304 g/mol. The highest BCUT2D eigenvalue weighted by Crippen LogP contribution is 2.25. The predicted molar refractivity (Wildman–Crippen MR) is 91.6 cm³/mol. The van der Waals surface area contributed by atoms with Crippen molar-refractivity contribution in [3.63, 3.8) is 0 Å². The van der Waals surface area contributed by atoms with Crippen molar-refractivity contribution >= 4 is 23.0 Å². The zero-order valence-corrected chi connectivity index (χ0v) is 14.3. The summed E-state index contributed by atoms with van der Waals surface area (Å²) in [5, 5.41) is 5.31. The number of nitrogens with one attached hydrogen (secondary N) is 1. The van der Waals surface area contributed by atoms with E-state index in [9.17, 15) is 0 Å². The van der Waals surface area contributed by atoms with E-state index in [4.69, 9.17) is 4.98 Å². The lowest BCUT2D eigenvalue weighted by Gasteiger charge is -2.28. The van der Waals surface area contributed by atoms with Crippen LogP contribution in [0.3, 0.4) is 0 Å². The van der Waals surface area contributed by atoms with Crippen LogP contribution in [-0.2, 0) is 12.8 Å². The molecule has 2 aromatic rings. The minimum atomic E-state index is 0.395. The largest absolute Gasteiger partial charge is 0.373 e.